The van der Waals surface area contributed by atoms with Crippen LogP contribution in [0.3, 0.4) is 0 Å². The van der Waals surface area contributed by atoms with Gasteiger partial charge in [0.2, 0.25) is 0 Å². The Morgan fingerprint density at radius 3 is 2.82 bits per heavy atom. The third-order valence-corrected chi connectivity index (χ3v) is 9.08. The highest BCUT2D eigenvalue weighted by atomic mass is 16.5. The Morgan fingerprint density at radius 1 is 1.12 bits per heavy atom. The minimum absolute atomic E-state index is 0.391. The Kier molecular flexibility index (Phi) is 4.33. The number of nitrogens with zero attached hydrogens (tertiary/aromatic N) is 7. The van der Waals surface area contributed by atoms with E-state index in [1.165, 1.54) is 12.8 Å². The van der Waals surface area contributed by atoms with E-state index < -0.39 is 5.41 Å². The van der Waals surface area contributed by atoms with Crippen molar-refractivity contribution in [1.29, 1.82) is 5.26 Å². The summed E-state index contributed by atoms with van der Waals surface area (Å²) in [6.07, 6.45) is 7.02. The van der Waals surface area contributed by atoms with E-state index in [0.29, 0.717) is 17.4 Å². The molecule has 8 nitrogen and oxygen atoms in total. The van der Waals surface area contributed by atoms with E-state index in [2.05, 4.69) is 56.1 Å². The summed E-state index contributed by atoms with van der Waals surface area (Å²) in [6.45, 7) is 7.76. The average Bonchev–Trinajstić information content (AvgIpc) is 3.59. The van der Waals surface area contributed by atoms with Gasteiger partial charge in [-0.2, -0.15) is 10.4 Å². The highest BCUT2D eigenvalue weighted by molar-refractivity contribution is 5.81. The number of rotatable bonds is 3. The molecule has 34 heavy (non-hydrogen) atoms. The van der Waals surface area contributed by atoms with Crippen molar-refractivity contribution in [1.82, 2.24) is 24.6 Å². The lowest BCUT2D eigenvalue weighted by molar-refractivity contribution is -0.0117. The molecular weight excluding hydrogens is 426 g/mol. The van der Waals surface area contributed by atoms with Gasteiger partial charge in [0, 0.05) is 37.6 Å². The van der Waals surface area contributed by atoms with Gasteiger partial charge in [-0.05, 0) is 42.2 Å². The lowest BCUT2D eigenvalue weighted by atomic mass is 9.50. The average molecular weight is 456 g/mol. The Labute approximate surface area is 199 Å². The first kappa shape index (κ1) is 20.4. The van der Waals surface area contributed by atoms with E-state index >= 15 is 0 Å². The van der Waals surface area contributed by atoms with E-state index in [1.54, 1.807) is 6.33 Å². The van der Waals surface area contributed by atoms with Crippen molar-refractivity contribution in [3.8, 4) is 11.9 Å². The van der Waals surface area contributed by atoms with Gasteiger partial charge in [0.15, 0.2) is 5.82 Å². The monoisotopic (exact) mass is 455 g/mol. The predicted octanol–water partition coefficient (Wildman–Crippen LogP) is 2.92. The van der Waals surface area contributed by atoms with Crippen LogP contribution in [0.15, 0.2) is 36.8 Å². The molecule has 4 fully saturated rings. The molecule has 2 saturated heterocycles. The number of piperazine rings is 1. The van der Waals surface area contributed by atoms with Gasteiger partial charge in [0.1, 0.15) is 12.1 Å². The fraction of sp³-hybridized carbons (Fsp3) is 0.538. The van der Waals surface area contributed by atoms with Crippen molar-refractivity contribution >= 4 is 16.7 Å². The van der Waals surface area contributed by atoms with Gasteiger partial charge in [-0.1, -0.05) is 19.1 Å². The molecule has 2 saturated carbocycles. The lowest BCUT2D eigenvalue weighted by Gasteiger charge is -2.51. The lowest BCUT2D eigenvalue weighted by Crippen LogP contribution is -2.58. The maximum atomic E-state index is 10.2. The van der Waals surface area contributed by atoms with Crippen LogP contribution < -0.4 is 4.90 Å². The highest BCUT2D eigenvalue weighted by Gasteiger charge is 2.67. The van der Waals surface area contributed by atoms with Crippen LogP contribution in [0.4, 0.5) is 5.82 Å². The molecule has 1 aromatic carbocycles. The largest absolute Gasteiger partial charge is 0.378 e. The van der Waals surface area contributed by atoms with Gasteiger partial charge in [0.25, 0.3) is 0 Å². The van der Waals surface area contributed by atoms with Crippen LogP contribution in [0.5, 0.6) is 0 Å². The second-order valence-corrected chi connectivity index (χ2v) is 10.6. The number of aromatic nitrogens is 4. The molecular formula is C26H29N7O. The number of hydrogen-bond acceptors (Lipinski definition) is 7. The zero-order valence-corrected chi connectivity index (χ0v) is 19.5. The first-order valence-corrected chi connectivity index (χ1v) is 12.4. The highest BCUT2D eigenvalue weighted by Crippen LogP contribution is 2.72. The minimum atomic E-state index is -0.391. The summed E-state index contributed by atoms with van der Waals surface area (Å²) in [5.74, 6) is 2.07. The van der Waals surface area contributed by atoms with Crippen LogP contribution >= 0.6 is 0 Å². The molecule has 8 heteroatoms. The van der Waals surface area contributed by atoms with Gasteiger partial charge < -0.3 is 9.64 Å². The number of nitriles is 1. The van der Waals surface area contributed by atoms with E-state index in [1.807, 2.05) is 16.9 Å². The third kappa shape index (κ3) is 2.87. The molecule has 3 atom stereocenters. The number of ether oxygens (including phenoxy) is 1. The van der Waals surface area contributed by atoms with E-state index in [-0.39, 0.29) is 0 Å². The molecule has 3 aromatic rings. The topological polar surface area (TPSA) is 83.1 Å². The smallest absolute Gasteiger partial charge is 0.159 e. The molecule has 4 aliphatic rings. The number of fused-ring (bicyclic) bond motifs is 2. The Bertz CT molecular complexity index is 1310. The fourth-order valence-corrected chi connectivity index (χ4v) is 6.64. The summed E-state index contributed by atoms with van der Waals surface area (Å²) in [7, 11) is 0. The predicted molar refractivity (Wildman–Crippen MR) is 128 cm³/mol. The summed E-state index contributed by atoms with van der Waals surface area (Å²) in [6, 6.07) is 11.5. The Morgan fingerprint density at radius 2 is 2.00 bits per heavy atom. The Hall–Kier alpha value is -3.02. The van der Waals surface area contributed by atoms with Crippen LogP contribution in [0, 0.1) is 22.7 Å². The van der Waals surface area contributed by atoms with Crippen molar-refractivity contribution in [2.24, 2.45) is 11.3 Å². The SMILES string of the molecule is CC1C2(CC2)CC1(C#N)c1ccc2cnn(-c3cc(N4CCN5CCOC[C@@H]5C4)ncn3)c2c1. The van der Waals surface area contributed by atoms with Crippen molar-refractivity contribution in [2.45, 2.75) is 37.6 Å². The first-order chi connectivity index (χ1) is 16.6. The van der Waals surface area contributed by atoms with Crippen LogP contribution in [0.2, 0.25) is 0 Å². The molecule has 2 unspecified atom stereocenters. The summed E-state index contributed by atoms with van der Waals surface area (Å²) in [4.78, 5) is 14.0. The summed E-state index contributed by atoms with van der Waals surface area (Å²) >= 11 is 0. The maximum Gasteiger partial charge on any atom is 0.159 e. The summed E-state index contributed by atoms with van der Waals surface area (Å²) < 4.78 is 7.60. The van der Waals surface area contributed by atoms with Crippen molar-refractivity contribution in [2.75, 3.05) is 44.3 Å². The fourth-order valence-electron chi connectivity index (χ4n) is 6.64. The van der Waals surface area contributed by atoms with Gasteiger partial charge >= 0.3 is 0 Å². The van der Waals surface area contributed by atoms with Crippen molar-refractivity contribution in [3.05, 3.63) is 42.4 Å². The number of anilines is 1. The number of morpholine rings is 1. The minimum Gasteiger partial charge on any atom is -0.378 e. The molecule has 0 bridgehead atoms. The first-order valence-electron chi connectivity index (χ1n) is 12.4. The normalized spacial score (nSPS) is 30.1. The van der Waals surface area contributed by atoms with E-state index in [9.17, 15) is 5.26 Å². The third-order valence-electron chi connectivity index (χ3n) is 9.08. The standard InChI is InChI=1S/C26H29N7O/c1-18-25(4-5-25)15-26(18,16-27)20-3-2-19-12-30-33(22(19)10-20)24-11-23(28-17-29-24)32-7-6-31-8-9-34-14-21(31)13-32/h2-3,10-12,17-18,21H,4-9,13-15H2,1H3/t18?,21-,26?/m0/s1. The molecule has 2 aliphatic heterocycles. The molecule has 0 amide bonds. The number of benzene rings is 1. The zero-order chi connectivity index (χ0) is 22.9. The summed E-state index contributed by atoms with van der Waals surface area (Å²) in [5.41, 5.74) is 2.13. The quantitative estimate of drug-likeness (QED) is 0.600. The second kappa shape index (κ2) is 7.24. The molecule has 0 N–H and O–H groups in total. The van der Waals surface area contributed by atoms with Gasteiger partial charge in [-0.25, -0.2) is 14.6 Å². The van der Waals surface area contributed by atoms with Crippen LogP contribution in [-0.2, 0) is 10.2 Å². The van der Waals surface area contributed by atoms with Crippen molar-refractivity contribution < 1.29 is 4.74 Å². The zero-order valence-electron chi connectivity index (χ0n) is 19.5. The van der Waals surface area contributed by atoms with Gasteiger partial charge in [0.05, 0.1) is 42.5 Å². The van der Waals surface area contributed by atoms with Crippen LogP contribution in [0.1, 0.15) is 31.7 Å². The maximum absolute atomic E-state index is 10.2. The molecule has 0 radical (unpaired) electrons. The van der Waals surface area contributed by atoms with E-state index in [4.69, 9.17) is 4.74 Å². The molecule has 2 aromatic heterocycles. The molecule has 4 heterocycles. The second-order valence-electron chi connectivity index (χ2n) is 10.6. The number of hydrogen-bond donors (Lipinski definition) is 0. The van der Waals surface area contributed by atoms with Crippen LogP contribution in [0.25, 0.3) is 16.7 Å². The van der Waals surface area contributed by atoms with Crippen LogP contribution in [-0.4, -0.2) is 70.1 Å². The molecule has 1 spiro atoms. The Balaban J connectivity index is 1.22. The molecule has 7 rings (SSSR count). The summed E-state index contributed by atoms with van der Waals surface area (Å²) in [5, 5.41) is 15.9. The van der Waals surface area contributed by atoms with E-state index in [0.717, 1.165) is 73.9 Å². The van der Waals surface area contributed by atoms with Crippen molar-refractivity contribution in [3.63, 3.8) is 0 Å². The van der Waals surface area contributed by atoms with Gasteiger partial charge in [-0.15, -0.1) is 0 Å². The molecule has 174 valence electrons. The van der Waals surface area contributed by atoms with Gasteiger partial charge in [-0.3, -0.25) is 4.90 Å². The molecule has 2 aliphatic carbocycles.